The van der Waals surface area contributed by atoms with Crippen LogP contribution in [0, 0.1) is 7.43 Å². The molecule has 13 heteroatoms. The minimum absolute atomic E-state index is 0. The molecule has 1 heterocycles. The van der Waals surface area contributed by atoms with Gasteiger partial charge in [-0.05, 0) is 12.1 Å². The number of aromatic nitrogens is 1. The molecule has 0 unspecified atom stereocenters. The number of pyridine rings is 1. The number of rotatable bonds is 1. The third-order valence-corrected chi connectivity index (χ3v) is 3.90. The molecule has 2 aromatic carbocycles. The van der Waals surface area contributed by atoms with Crippen molar-refractivity contribution in [3.63, 3.8) is 0 Å². The van der Waals surface area contributed by atoms with E-state index in [-0.39, 0.29) is 78.1 Å². The summed E-state index contributed by atoms with van der Waals surface area (Å²) in [6, 6.07) is 18.3. The van der Waals surface area contributed by atoms with Gasteiger partial charge in [0, 0.05) is 27.5 Å². The van der Waals surface area contributed by atoms with Crippen LogP contribution in [0.4, 0.5) is 0 Å². The Morgan fingerprint density at radius 1 is 0.844 bits per heavy atom. The Morgan fingerprint density at radius 3 is 1.72 bits per heavy atom. The molecule has 0 saturated heterocycles. The first kappa shape index (κ1) is 33.3. The van der Waals surface area contributed by atoms with Gasteiger partial charge in [-0.1, -0.05) is 48.5 Å². The number of nitrogens with zero attached hydrogens (tertiary/aromatic N) is 1. The Labute approximate surface area is 233 Å². The van der Waals surface area contributed by atoms with Crippen molar-refractivity contribution in [2.24, 2.45) is 0 Å². The van der Waals surface area contributed by atoms with Crippen molar-refractivity contribution in [3.8, 4) is 0 Å². The summed E-state index contributed by atoms with van der Waals surface area (Å²) in [4.78, 5) is 29.5. The van der Waals surface area contributed by atoms with E-state index in [2.05, 4.69) is 4.98 Å². The van der Waals surface area contributed by atoms with E-state index in [9.17, 15) is 9.59 Å². The number of hydrogen-bond donors (Lipinski definition) is 1. The molecule has 0 aliphatic heterocycles. The van der Waals surface area contributed by atoms with E-state index in [4.69, 9.17) is 26.3 Å². The van der Waals surface area contributed by atoms with Gasteiger partial charge in [-0.2, -0.15) is 0 Å². The monoisotopic (exact) mass is 495 g/mol. The van der Waals surface area contributed by atoms with Gasteiger partial charge in [0.05, 0.1) is 11.2 Å². The van der Waals surface area contributed by atoms with Gasteiger partial charge in [0.2, 0.25) is 0 Å². The smallest absolute Gasteiger partial charge is 0.784 e. The Morgan fingerprint density at radius 2 is 1.25 bits per heavy atom. The Kier molecular flexibility index (Phi) is 16.6. The zero-order chi connectivity index (χ0) is 21.6. The number of benzene rings is 2. The van der Waals surface area contributed by atoms with Crippen LogP contribution in [0.25, 0.3) is 10.9 Å². The number of ketones is 2. The largest absolute Gasteiger partial charge is 1.00 e. The first-order valence-electron chi connectivity index (χ1n) is 7.80. The molecule has 3 aromatic rings. The molecular formula is C19H15NNa2O8S2-2. The molecule has 0 spiro atoms. The van der Waals surface area contributed by atoms with Crippen LogP contribution >= 0.6 is 0 Å². The van der Waals surface area contributed by atoms with Gasteiger partial charge in [-0.3, -0.25) is 18.8 Å². The summed E-state index contributed by atoms with van der Waals surface area (Å²) < 4.78 is 49.4. The molecule has 0 amide bonds. The van der Waals surface area contributed by atoms with Crippen LogP contribution in [0.2, 0.25) is 0 Å². The quantitative estimate of drug-likeness (QED) is 0.0906. The summed E-state index contributed by atoms with van der Waals surface area (Å²) in [7, 11) is -2.86. The van der Waals surface area contributed by atoms with Crippen molar-refractivity contribution in [3.05, 3.63) is 84.9 Å². The fourth-order valence-corrected chi connectivity index (χ4v) is 2.85. The molecule has 160 valence electrons. The van der Waals surface area contributed by atoms with Crippen molar-refractivity contribution < 1.29 is 95.0 Å². The molecule has 1 aliphatic rings. The van der Waals surface area contributed by atoms with E-state index in [0.717, 1.165) is 10.9 Å². The summed E-state index contributed by atoms with van der Waals surface area (Å²) in [5, 5.41) is 0.997. The van der Waals surface area contributed by atoms with Crippen molar-refractivity contribution in [2.75, 3.05) is 0 Å². The maximum absolute atomic E-state index is 12.5. The number of Topliss-reactive ketones (excluding diaryl/α,β-unsaturated/α-hetero) is 2. The van der Waals surface area contributed by atoms with Crippen molar-refractivity contribution >= 4 is 44.8 Å². The number of para-hydroxylation sites is 1. The summed E-state index contributed by atoms with van der Waals surface area (Å²) in [6.45, 7) is 0. The molecule has 0 saturated carbocycles. The molecule has 1 aliphatic carbocycles. The van der Waals surface area contributed by atoms with Crippen molar-refractivity contribution in [1.29, 1.82) is 0 Å². The molecule has 0 radical (unpaired) electrons. The summed E-state index contributed by atoms with van der Waals surface area (Å²) in [5.74, 6) is -1.11. The van der Waals surface area contributed by atoms with Crippen molar-refractivity contribution in [1.82, 2.24) is 4.98 Å². The minimum atomic E-state index is -3.11. The second-order valence-corrected chi connectivity index (χ2v) is 6.40. The molecule has 9 nitrogen and oxygen atoms in total. The fraction of sp³-hybridized carbons (Fsp3) is 0.0526. The van der Waals surface area contributed by atoms with Crippen molar-refractivity contribution in [2.45, 2.75) is 5.92 Å². The van der Waals surface area contributed by atoms with E-state index in [0.29, 0.717) is 16.8 Å². The molecule has 32 heavy (non-hydrogen) atoms. The third-order valence-electron chi connectivity index (χ3n) is 3.90. The predicted molar refractivity (Wildman–Crippen MR) is 107 cm³/mol. The van der Waals surface area contributed by atoms with Crippen LogP contribution in [0.15, 0.2) is 60.7 Å². The summed E-state index contributed by atoms with van der Waals surface area (Å²) in [5.41, 5.74) is 2.33. The maximum atomic E-state index is 12.5. The molecular weight excluding hydrogens is 480 g/mol. The maximum Gasteiger partial charge on any atom is 1.00 e. The van der Waals surface area contributed by atoms with Gasteiger partial charge < -0.3 is 29.5 Å². The number of hydrogen-bond acceptors (Lipinski definition) is 9. The summed E-state index contributed by atoms with van der Waals surface area (Å²) >= 11 is -3.11. The number of carbonyl (C=O) groups excluding carboxylic acids is 2. The van der Waals surface area contributed by atoms with E-state index in [1.807, 2.05) is 30.3 Å². The third kappa shape index (κ3) is 9.20. The molecule has 0 atom stereocenters. The van der Waals surface area contributed by atoms with Gasteiger partial charge in [-0.15, -0.1) is 11.4 Å². The van der Waals surface area contributed by atoms with E-state index < -0.39 is 28.3 Å². The Bertz CT molecular complexity index is 1120. The van der Waals surface area contributed by atoms with E-state index in [1.54, 1.807) is 30.3 Å². The van der Waals surface area contributed by atoms with Gasteiger partial charge in [0.25, 0.3) is 0 Å². The number of fused-ring (bicyclic) bond motifs is 2. The topological polar surface area (TPSA) is 165 Å². The minimum Gasteiger partial charge on any atom is -0.784 e. The van der Waals surface area contributed by atoms with Gasteiger partial charge in [-0.25, -0.2) is 0 Å². The van der Waals surface area contributed by atoms with Crippen LogP contribution in [0.1, 0.15) is 32.3 Å². The standard InChI is InChI=1S/C18H11NO2.CH3.2Na.H2O3S.HO3S/c20-17-12-6-2-3-7-13(12)18(21)16(17)15-10-9-11-5-1-4-8-14(11)19-15;;;;2*1-4(2)3/h1-10,16H;1H3;;;(H2,1,2,3);(H,1,2,3)/q;-1;2*+1;;-1/p-2. The molecule has 1 N–H and O–H groups in total. The number of carbonyl (C=O) groups is 2. The van der Waals surface area contributed by atoms with Crippen LogP contribution in [-0.2, 0) is 30.8 Å². The van der Waals surface area contributed by atoms with E-state index in [1.165, 1.54) is 0 Å². The van der Waals surface area contributed by atoms with Gasteiger partial charge in [0.15, 0.2) is 11.6 Å². The average Bonchev–Trinajstić information content (AvgIpc) is 2.91. The Hall–Kier alpha value is -0.830. The van der Waals surface area contributed by atoms with E-state index >= 15 is 0 Å². The zero-order valence-electron chi connectivity index (χ0n) is 17.4. The normalized spacial score (nSPS) is 11.8. The van der Waals surface area contributed by atoms with Crippen LogP contribution in [0.5, 0.6) is 0 Å². The molecule has 0 bridgehead atoms. The Balaban J connectivity index is 0. The second-order valence-electron chi connectivity index (χ2n) is 5.56. The second kappa shape index (κ2) is 15.9. The summed E-state index contributed by atoms with van der Waals surface area (Å²) in [6.07, 6.45) is 0. The first-order chi connectivity index (χ1) is 13.7. The van der Waals surface area contributed by atoms with Gasteiger partial charge in [0.1, 0.15) is 5.92 Å². The van der Waals surface area contributed by atoms with Crippen LogP contribution in [0.3, 0.4) is 0 Å². The zero-order valence-corrected chi connectivity index (χ0v) is 23.1. The van der Waals surface area contributed by atoms with Crippen LogP contribution in [-0.4, -0.2) is 34.4 Å². The first-order valence-corrected chi connectivity index (χ1v) is 9.83. The van der Waals surface area contributed by atoms with Gasteiger partial charge >= 0.3 is 59.1 Å². The fourth-order valence-electron chi connectivity index (χ4n) is 2.85. The molecule has 1 aromatic heterocycles. The molecule has 4 rings (SSSR count). The predicted octanol–water partition coefficient (Wildman–Crippen LogP) is -3.38. The van der Waals surface area contributed by atoms with Crippen LogP contribution < -0.4 is 59.1 Å². The SMILES string of the molecule is O=C1c2ccccc2C(=O)C1c1ccc2ccccc2n1.O=S([O-])[O-].O=[S-](=O)O.[CH3-].[Na+].[Na+]. The average molecular weight is 495 g/mol. The molecule has 0 fully saturated rings.